The van der Waals surface area contributed by atoms with Crippen molar-refractivity contribution in [1.82, 2.24) is 0 Å². The zero-order valence-corrected chi connectivity index (χ0v) is 8.26. The van der Waals surface area contributed by atoms with Crippen LogP contribution in [0.1, 0.15) is 27.2 Å². The highest BCUT2D eigenvalue weighted by Gasteiger charge is 1.94. The summed E-state index contributed by atoms with van der Waals surface area (Å²) >= 11 is 0. The number of allylic oxidation sites excluding steroid dienone is 2. The third kappa shape index (κ3) is 9.11. The molecule has 0 bridgehead atoms. The van der Waals surface area contributed by atoms with Gasteiger partial charge in [-0.25, -0.2) is 0 Å². The number of Topliss-reactive ketones (excluding diaryl/α,β-unsaturated/α-hetero) is 1. The fourth-order valence-electron chi connectivity index (χ4n) is 0.667. The van der Waals surface area contributed by atoms with E-state index in [2.05, 4.69) is 6.58 Å². The van der Waals surface area contributed by atoms with Crippen LogP contribution in [0.3, 0.4) is 0 Å². The molecule has 0 amide bonds. The molecule has 12 heavy (non-hydrogen) atoms. The highest BCUT2D eigenvalue weighted by atomic mass is 16.1. The smallest absolute Gasteiger partial charge is 0.134 e. The van der Waals surface area contributed by atoms with Crippen LogP contribution in [-0.2, 0) is 4.79 Å². The van der Waals surface area contributed by atoms with Gasteiger partial charge in [-0.05, 0) is 12.5 Å². The first-order valence-corrected chi connectivity index (χ1v) is 4.21. The van der Waals surface area contributed by atoms with E-state index in [0.29, 0.717) is 13.0 Å². The molecule has 0 aromatic rings. The van der Waals surface area contributed by atoms with Gasteiger partial charge in [0.15, 0.2) is 0 Å². The Labute approximate surface area is 75.2 Å². The Morgan fingerprint density at radius 2 is 2.00 bits per heavy atom. The van der Waals surface area contributed by atoms with Gasteiger partial charge in [-0.2, -0.15) is 0 Å². The number of hydrogen-bond donors (Lipinski definition) is 1. The molecule has 0 unspecified atom stereocenters. The van der Waals surface area contributed by atoms with Crippen LogP contribution in [0.2, 0.25) is 0 Å². The zero-order valence-electron chi connectivity index (χ0n) is 8.26. The van der Waals surface area contributed by atoms with Crippen molar-refractivity contribution in [2.45, 2.75) is 27.2 Å². The first-order chi connectivity index (χ1) is 5.70. The Kier molecular flexibility index (Phi) is 11.5. The van der Waals surface area contributed by atoms with E-state index in [4.69, 9.17) is 5.73 Å². The Balaban J connectivity index is 0. The molecule has 0 aromatic carbocycles. The summed E-state index contributed by atoms with van der Waals surface area (Å²) in [4.78, 5) is 10.6. The van der Waals surface area contributed by atoms with Gasteiger partial charge in [0.1, 0.15) is 5.78 Å². The standard InChI is InChI=1S/C8H13NO.C2H6/c1-3-8(4-5-9)6-7(2)10;1-2/h3-4H,1,5-6,9H2,2H3;1-2H3/b8-4+;. The maximum absolute atomic E-state index is 10.6. The molecule has 0 saturated heterocycles. The van der Waals surface area contributed by atoms with Gasteiger partial charge in [-0.1, -0.05) is 32.6 Å². The normalized spacial score (nSPS) is 9.83. The first-order valence-electron chi connectivity index (χ1n) is 4.21. The second-order valence-corrected chi connectivity index (χ2v) is 2.10. The summed E-state index contributed by atoms with van der Waals surface area (Å²) in [6.45, 7) is 9.57. The van der Waals surface area contributed by atoms with Crippen molar-refractivity contribution in [2.75, 3.05) is 6.54 Å². The fourth-order valence-corrected chi connectivity index (χ4v) is 0.667. The second-order valence-electron chi connectivity index (χ2n) is 2.10. The summed E-state index contributed by atoms with van der Waals surface area (Å²) in [7, 11) is 0. The van der Waals surface area contributed by atoms with Crippen LogP contribution in [0.4, 0.5) is 0 Å². The molecule has 0 spiro atoms. The van der Waals surface area contributed by atoms with E-state index in [1.807, 2.05) is 13.8 Å². The van der Waals surface area contributed by atoms with Gasteiger partial charge in [0.05, 0.1) is 0 Å². The van der Waals surface area contributed by atoms with Crippen LogP contribution < -0.4 is 5.73 Å². The molecule has 2 nitrogen and oxygen atoms in total. The molecular weight excluding hydrogens is 150 g/mol. The number of hydrogen-bond acceptors (Lipinski definition) is 2. The quantitative estimate of drug-likeness (QED) is 0.655. The van der Waals surface area contributed by atoms with Gasteiger partial charge in [-0.3, -0.25) is 4.79 Å². The summed E-state index contributed by atoms with van der Waals surface area (Å²) in [5.74, 6) is 0.139. The van der Waals surface area contributed by atoms with Crippen LogP contribution in [0, 0.1) is 0 Å². The van der Waals surface area contributed by atoms with Crippen molar-refractivity contribution in [3.05, 3.63) is 24.3 Å². The van der Waals surface area contributed by atoms with Gasteiger partial charge in [-0.15, -0.1) is 0 Å². The number of nitrogens with two attached hydrogens (primary N) is 1. The van der Waals surface area contributed by atoms with Crippen molar-refractivity contribution in [1.29, 1.82) is 0 Å². The Hall–Kier alpha value is -0.890. The van der Waals surface area contributed by atoms with Gasteiger partial charge < -0.3 is 5.73 Å². The maximum Gasteiger partial charge on any atom is 0.134 e. The molecule has 0 aromatic heterocycles. The molecule has 0 aliphatic carbocycles. The summed E-state index contributed by atoms with van der Waals surface area (Å²) < 4.78 is 0. The molecule has 0 rings (SSSR count). The van der Waals surface area contributed by atoms with E-state index >= 15 is 0 Å². The average molecular weight is 169 g/mol. The van der Waals surface area contributed by atoms with Gasteiger partial charge in [0, 0.05) is 13.0 Å². The van der Waals surface area contributed by atoms with Crippen molar-refractivity contribution < 1.29 is 4.79 Å². The third-order valence-electron chi connectivity index (χ3n) is 1.10. The van der Waals surface area contributed by atoms with Crippen molar-refractivity contribution >= 4 is 5.78 Å². The van der Waals surface area contributed by atoms with E-state index in [1.165, 1.54) is 0 Å². The summed E-state index contributed by atoms with van der Waals surface area (Å²) in [6, 6.07) is 0. The van der Waals surface area contributed by atoms with Crippen molar-refractivity contribution in [3.8, 4) is 0 Å². The largest absolute Gasteiger partial charge is 0.327 e. The Morgan fingerprint density at radius 3 is 2.25 bits per heavy atom. The summed E-state index contributed by atoms with van der Waals surface area (Å²) in [5.41, 5.74) is 6.16. The molecule has 2 N–H and O–H groups in total. The minimum absolute atomic E-state index is 0.139. The van der Waals surface area contributed by atoms with Gasteiger partial charge in [0.25, 0.3) is 0 Å². The molecule has 0 fully saturated rings. The lowest BCUT2D eigenvalue weighted by Crippen LogP contribution is -1.97. The predicted octanol–water partition coefficient (Wildman–Crippen LogP) is 2.06. The third-order valence-corrected chi connectivity index (χ3v) is 1.10. The van der Waals surface area contributed by atoms with Gasteiger partial charge in [0.2, 0.25) is 0 Å². The second kappa shape index (κ2) is 10.1. The van der Waals surface area contributed by atoms with Crippen LogP contribution in [0.25, 0.3) is 0 Å². The van der Waals surface area contributed by atoms with Crippen molar-refractivity contribution in [2.24, 2.45) is 5.73 Å². The minimum Gasteiger partial charge on any atom is -0.327 e. The molecule has 2 heteroatoms. The summed E-state index contributed by atoms with van der Waals surface area (Å²) in [5, 5.41) is 0. The van der Waals surface area contributed by atoms with Gasteiger partial charge >= 0.3 is 0 Å². The van der Waals surface area contributed by atoms with Crippen LogP contribution >= 0.6 is 0 Å². The lowest BCUT2D eigenvalue weighted by molar-refractivity contribution is -0.116. The molecular formula is C10H19NO. The highest BCUT2D eigenvalue weighted by Crippen LogP contribution is 2.01. The Morgan fingerprint density at radius 1 is 1.50 bits per heavy atom. The zero-order chi connectivity index (χ0) is 9.98. The van der Waals surface area contributed by atoms with Crippen LogP contribution in [0.15, 0.2) is 24.3 Å². The Bertz CT molecular complexity index is 159. The fraction of sp³-hybridized carbons (Fsp3) is 0.500. The number of rotatable bonds is 4. The topological polar surface area (TPSA) is 43.1 Å². The van der Waals surface area contributed by atoms with Crippen LogP contribution in [0.5, 0.6) is 0 Å². The van der Waals surface area contributed by atoms with E-state index in [1.54, 1.807) is 19.1 Å². The average Bonchev–Trinajstić information content (AvgIpc) is 2.07. The number of ketones is 1. The number of carbonyl (C=O) groups excluding carboxylic acids is 1. The maximum atomic E-state index is 10.6. The highest BCUT2D eigenvalue weighted by molar-refractivity contribution is 5.78. The number of carbonyl (C=O) groups is 1. The first kappa shape index (κ1) is 13.7. The molecule has 0 aliphatic heterocycles. The van der Waals surface area contributed by atoms with E-state index in [9.17, 15) is 4.79 Å². The van der Waals surface area contributed by atoms with E-state index in [-0.39, 0.29) is 5.78 Å². The van der Waals surface area contributed by atoms with Crippen LogP contribution in [-0.4, -0.2) is 12.3 Å². The molecule has 0 radical (unpaired) electrons. The molecule has 0 atom stereocenters. The van der Waals surface area contributed by atoms with E-state index in [0.717, 1.165) is 5.57 Å². The molecule has 0 heterocycles. The minimum atomic E-state index is 0.139. The molecule has 0 saturated carbocycles. The molecule has 70 valence electrons. The van der Waals surface area contributed by atoms with Crippen molar-refractivity contribution in [3.63, 3.8) is 0 Å². The monoisotopic (exact) mass is 169 g/mol. The lowest BCUT2D eigenvalue weighted by Gasteiger charge is -1.95. The lowest BCUT2D eigenvalue weighted by atomic mass is 10.1. The molecule has 0 aliphatic rings. The predicted molar refractivity (Wildman–Crippen MR) is 54.0 cm³/mol. The SMILES string of the molecule is C=C/C(=C\CN)CC(C)=O.CC. The summed E-state index contributed by atoms with van der Waals surface area (Å²) in [6.07, 6.45) is 3.91. The van der Waals surface area contributed by atoms with E-state index < -0.39 is 0 Å².